The van der Waals surface area contributed by atoms with E-state index < -0.39 is 0 Å². The highest BCUT2D eigenvalue weighted by atomic mass is 16.6. The molecule has 30 heavy (non-hydrogen) atoms. The maximum absolute atomic E-state index is 13.2. The van der Waals surface area contributed by atoms with E-state index in [1.807, 2.05) is 11.4 Å². The highest BCUT2D eigenvalue weighted by Crippen LogP contribution is 2.35. The van der Waals surface area contributed by atoms with Gasteiger partial charge < -0.3 is 23.9 Å². The van der Waals surface area contributed by atoms with Crippen molar-refractivity contribution >= 4 is 16.9 Å². The molecule has 1 aromatic heterocycles. The summed E-state index contributed by atoms with van der Waals surface area (Å²) >= 11 is 0. The SMILES string of the molecule is Cc1oc2cc(OC(=O)[C@H]3CCC[NH2+]3)ccc2c(=O)c1-c1ccc2c(c1)OCCO2. The molecule has 2 aromatic carbocycles. The zero-order valence-corrected chi connectivity index (χ0v) is 16.6. The third-order valence-electron chi connectivity index (χ3n) is 5.56. The van der Waals surface area contributed by atoms with Crippen LogP contribution in [-0.2, 0) is 4.79 Å². The maximum atomic E-state index is 13.2. The summed E-state index contributed by atoms with van der Waals surface area (Å²) in [5, 5.41) is 2.42. The van der Waals surface area contributed by atoms with Gasteiger partial charge in [0.2, 0.25) is 5.43 Å². The molecule has 0 spiro atoms. The molecule has 3 heterocycles. The van der Waals surface area contributed by atoms with Crippen molar-refractivity contribution in [1.82, 2.24) is 0 Å². The lowest BCUT2D eigenvalue weighted by atomic mass is 10.0. The van der Waals surface area contributed by atoms with Crippen LogP contribution in [-0.4, -0.2) is 31.8 Å². The van der Waals surface area contributed by atoms with Gasteiger partial charge in [-0.25, -0.2) is 4.79 Å². The van der Waals surface area contributed by atoms with Crippen LogP contribution in [0, 0.1) is 6.92 Å². The third-order valence-corrected chi connectivity index (χ3v) is 5.56. The molecule has 0 saturated carbocycles. The fraction of sp³-hybridized carbons (Fsp3) is 0.304. The number of nitrogens with two attached hydrogens (primary N) is 1. The lowest BCUT2D eigenvalue weighted by Gasteiger charge is -2.19. The highest BCUT2D eigenvalue weighted by Gasteiger charge is 2.28. The monoisotopic (exact) mass is 408 g/mol. The number of fused-ring (bicyclic) bond motifs is 2. The van der Waals surface area contributed by atoms with Crippen LogP contribution in [0.1, 0.15) is 18.6 Å². The Balaban J connectivity index is 1.51. The van der Waals surface area contributed by atoms with E-state index in [0.29, 0.717) is 58.3 Å². The van der Waals surface area contributed by atoms with Crippen LogP contribution in [0.15, 0.2) is 45.6 Å². The van der Waals surface area contributed by atoms with E-state index in [1.54, 1.807) is 37.3 Å². The first-order valence-electron chi connectivity index (χ1n) is 10.1. The van der Waals surface area contributed by atoms with Gasteiger partial charge in [0.1, 0.15) is 30.3 Å². The molecule has 0 unspecified atom stereocenters. The second-order valence-electron chi connectivity index (χ2n) is 7.57. The van der Waals surface area contributed by atoms with Gasteiger partial charge in [-0.15, -0.1) is 0 Å². The largest absolute Gasteiger partial charge is 0.486 e. The number of carbonyl (C=O) groups is 1. The van der Waals surface area contributed by atoms with Gasteiger partial charge in [-0.1, -0.05) is 6.07 Å². The number of benzene rings is 2. The summed E-state index contributed by atoms with van der Waals surface area (Å²) in [4.78, 5) is 25.5. The minimum atomic E-state index is -0.265. The molecule has 2 aliphatic heterocycles. The van der Waals surface area contributed by atoms with E-state index in [-0.39, 0.29) is 17.4 Å². The fourth-order valence-corrected chi connectivity index (χ4v) is 4.06. The quantitative estimate of drug-likeness (QED) is 0.528. The van der Waals surface area contributed by atoms with Gasteiger partial charge in [0.25, 0.3) is 0 Å². The highest BCUT2D eigenvalue weighted by molar-refractivity contribution is 5.85. The van der Waals surface area contributed by atoms with Gasteiger partial charge in [-0.2, -0.15) is 0 Å². The van der Waals surface area contributed by atoms with Gasteiger partial charge in [0.05, 0.1) is 17.5 Å². The van der Waals surface area contributed by atoms with E-state index in [0.717, 1.165) is 19.4 Å². The average molecular weight is 408 g/mol. The van der Waals surface area contributed by atoms with E-state index in [2.05, 4.69) is 0 Å². The zero-order chi connectivity index (χ0) is 20.7. The van der Waals surface area contributed by atoms with Crippen LogP contribution in [0.4, 0.5) is 0 Å². The van der Waals surface area contributed by atoms with Gasteiger partial charge >= 0.3 is 5.97 Å². The summed E-state index contributed by atoms with van der Waals surface area (Å²) in [7, 11) is 0. The van der Waals surface area contributed by atoms with E-state index >= 15 is 0 Å². The number of ether oxygens (including phenoxy) is 3. The first kappa shape index (κ1) is 18.7. The van der Waals surface area contributed by atoms with Crippen molar-refractivity contribution in [1.29, 1.82) is 0 Å². The normalized spacial score (nSPS) is 17.8. The summed E-state index contributed by atoms with van der Waals surface area (Å²) in [6, 6.07) is 10.1. The standard InChI is InChI=1S/C23H21NO6/c1-13-21(14-4-7-18-20(11-14)28-10-9-27-18)22(25)16-6-5-15(12-19(16)29-13)30-23(26)17-3-2-8-24-17/h4-7,11-12,17,24H,2-3,8-10H2,1H3/p+1/t17-/m1/s1. The van der Waals surface area contributed by atoms with Gasteiger partial charge in [0.15, 0.2) is 17.5 Å². The molecule has 2 aliphatic rings. The Labute approximate surface area is 172 Å². The van der Waals surface area contributed by atoms with E-state index in [9.17, 15) is 9.59 Å². The molecule has 1 fully saturated rings. The lowest BCUT2D eigenvalue weighted by molar-refractivity contribution is -0.658. The average Bonchev–Trinajstić information content (AvgIpc) is 3.28. The Morgan fingerprint density at radius 1 is 1.10 bits per heavy atom. The van der Waals surface area contributed by atoms with Crippen molar-refractivity contribution in [3.05, 3.63) is 52.4 Å². The first-order chi connectivity index (χ1) is 14.6. The van der Waals surface area contributed by atoms with Gasteiger partial charge in [0, 0.05) is 18.9 Å². The molecule has 7 nitrogen and oxygen atoms in total. The molecular weight excluding hydrogens is 386 g/mol. The predicted octanol–water partition coefficient (Wildman–Crippen LogP) is 2.17. The number of esters is 1. The minimum absolute atomic E-state index is 0.146. The van der Waals surface area contributed by atoms with Crippen LogP contribution in [0.2, 0.25) is 0 Å². The molecule has 1 saturated heterocycles. The summed E-state index contributed by atoms with van der Waals surface area (Å²) in [6.07, 6.45) is 1.83. The van der Waals surface area contributed by atoms with Gasteiger partial charge in [-0.05, 0) is 36.8 Å². The van der Waals surface area contributed by atoms with Crippen molar-refractivity contribution in [2.24, 2.45) is 0 Å². The second kappa shape index (κ2) is 7.50. The van der Waals surface area contributed by atoms with Crippen molar-refractivity contribution in [3.8, 4) is 28.4 Å². The van der Waals surface area contributed by atoms with Crippen LogP contribution in [0.5, 0.6) is 17.2 Å². The Hall–Kier alpha value is -3.32. The summed E-state index contributed by atoms with van der Waals surface area (Å²) in [5.41, 5.74) is 1.43. The molecule has 154 valence electrons. The zero-order valence-electron chi connectivity index (χ0n) is 16.6. The molecule has 5 rings (SSSR count). The molecule has 0 aliphatic carbocycles. The lowest BCUT2D eigenvalue weighted by Crippen LogP contribution is -2.88. The smallest absolute Gasteiger partial charge is 0.370 e. The Kier molecular flexibility index (Phi) is 4.67. The van der Waals surface area contributed by atoms with Crippen LogP contribution >= 0.6 is 0 Å². The van der Waals surface area contributed by atoms with Crippen molar-refractivity contribution in [2.75, 3.05) is 19.8 Å². The van der Waals surface area contributed by atoms with Crippen molar-refractivity contribution in [3.63, 3.8) is 0 Å². The summed E-state index contributed by atoms with van der Waals surface area (Å²) < 4.78 is 22.6. The predicted molar refractivity (Wildman–Crippen MR) is 109 cm³/mol. The Morgan fingerprint density at radius 3 is 2.73 bits per heavy atom. The summed E-state index contributed by atoms with van der Waals surface area (Å²) in [5.74, 6) is 1.88. The second-order valence-corrected chi connectivity index (χ2v) is 7.57. The number of rotatable bonds is 3. The topological polar surface area (TPSA) is 91.6 Å². The van der Waals surface area contributed by atoms with Crippen LogP contribution < -0.4 is 25.0 Å². The molecule has 0 bridgehead atoms. The molecule has 2 N–H and O–H groups in total. The molecular formula is C23H22NO6+. The number of hydrogen-bond donors (Lipinski definition) is 1. The Morgan fingerprint density at radius 2 is 1.93 bits per heavy atom. The molecule has 0 radical (unpaired) electrons. The number of hydrogen-bond acceptors (Lipinski definition) is 6. The third kappa shape index (κ3) is 3.31. The van der Waals surface area contributed by atoms with Gasteiger partial charge in [-0.3, -0.25) is 4.79 Å². The number of quaternary nitrogens is 1. The minimum Gasteiger partial charge on any atom is -0.486 e. The first-order valence-corrected chi connectivity index (χ1v) is 10.1. The van der Waals surface area contributed by atoms with Crippen molar-refractivity contribution < 1.29 is 28.7 Å². The maximum Gasteiger partial charge on any atom is 0.370 e. The number of carbonyl (C=O) groups excluding carboxylic acids is 1. The molecule has 0 amide bonds. The molecule has 3 aromatic rings. The molecule has 7 heteroatoms. The molecule has 1 atom stereocenters. The van der Waals surface area contributed by atoms with E-state index in [1.165, 1.54) is 0 Å². The fourth-order valence-electron chi connectivity index (χ4n) is 4.06. The summed E-state index contributed by atoms with van der Waals surface area (Å²) in [6.45, 7) is 3.67. The van der Waals surface area contributed by atoms with Crippen LogP contribution in [0.25, 0.3) is 22.1 Å². The number of aryl methyl sites for hydroxylation is 1. The van der Waals surface area contributed by atoms with Crippen LogP contribution in [0.3, 0.4) is 0 Å². The van der Waals surface area contributed by atoms with E-state index in [4.69, 9.17) is 18.6 Å². The van der Waals surface area contributed by atoms with Crippen molar-refractivity contribution in [2.45, 2.75) is 25.8 Å². The Bertz CT molecular complexity index is 1190.